The number of halogens is 1. The topological polar surface area (TPSA) is 112 Å². The average molecular weight is 534 g/mol. The van der Waals surface area contributed by atoms with Crippen LogP contribution in [0.25, 0.3) is 0 Å². The first-order chi connectivity index (χ1) is 18.5. The van der Waals surface area contributed by atoms with E-state index in [4.69, 9.17) is 0 Å². The van der Waals surface area contributed by atoms with Crippen LogP contribution < -0.4 is 16.0 Å². The number of pyridine rings is 1. The molecule has 0 radical (unpaired) electrons. The van der Waals surface area contributed by atoms with E-state index in [1.807, 2.05) is 12.1 Å². The Hall–Kier alpha value is -3.93. The Morgan fingerprint density at radius 1 is 0.842 bits per heavy atom. The summed E-state index contributed by atoms with van der Waals surface area (Å²) in [6, 6.07) is 18.4. The molecule has 2 aromatic carbocycles. The van der Waals surface area contributed by atoms with Gasteiger partial charge in [0.1, 0.15) is 11.6 Å². The Bertz CT molecular complexity index is 1450. The predicted octanol–water partition coefficient (Wildman–Crippen LogP) is 4.44. The normalized spacial score (nSPS) is 14.8. The van der Waals surface area contributed by atoms with Gasteiger partial charge >= 0.3 is 0 Å². The molecule has 0 atom stereocenters. The fourth-order valence-corrected chi connectivity index (χ4v) is 5.69. The number of nitrogens with one attached hydrogen (secondary N) is 3. The molecule has 196 valence electrons. The van der Waals surface area contributed by atoms with Crippen molar-refractivity contribution in [3.8, 4) is 0 Å². The summed E-state index contributed by atoms with van der Waals surface area (Å²) in [4.78, 5) is 12.9. The second-order valence-corrected chi connectivity index (χ2v) is 10.9. The van der Waals surface area contributed by atoms with Crippen LogP contribution in [0.15, 0.2) is 90.2 Å². The monoisotopic (exact) mass is 533 g/mol. The minimum Gasteiger partial charge on any atom is -0.340 e. The fraction of sp³-hybridized carbons (Fsp3) is 0.222. The van der Waals surface area contributed by atoms with Crippen molar-refractivity contribution in [1.82, 2.24) is 24.6 Å². The van der Waals surface area contributed by atoms with Crippen LogP contribution in [0.1, 0.15) is 18.4 Å². The third-order valence-electron chi connectivity index (χ3n) is 6.32. The van der Waals surface area contributed by atoms with E-state index < -0.39 is 10.0 Å². The molecule has 1 fully saturated rings. The predicted molar refractivity (Wildman–Crippen MR) is 144 cm³/mol. The van der Waals surface area contributed by atoms with E-state index in [1.54, 1.807) is 65.4 Å². The van der Waals surface area contributed by atoms with Gasteiger partial charge in [-0.2, -0.15) is 9.29 Å². The van der Waals surface area contributed by atoms with Gasteiger partial charge in [0.05, 0.1) is 4.90 Å². The van der Waals surface area contributed by atoms with Crippen molar-refractivity contribution in [3.63, 3.8) is 0 Å². The van der Waals surface area contributed by atoms with Gasteiger partial charge in [0, 0.05) is 55.6 Å². The van der Waals surface area contributed by atoms with Gasteiger partial charge in [0.15, 0.2) is 0 Å². The standard InChI is InChI=1S/C27H28FN7O2S/c28-21-1-3-23(4-2-21)32-26-11-16-30-27(34-26)33-24-5-7-25(8-6-24)38(36,37)35-17-12-22(13-18-35)31-19-20-9-14-29-15-10-20/h1-11,14-16,22,31H,12-13,17-19H2,(H2,30,32,33,34). The van der Waals surface area contributed by atoms with E-state index in [2.05, 4.69) is 30.9 Å². The van der Waals surface area contributed by atoms with E-state index in [-0.39, 0.29) is 16.8 Å². The highest BCUT2D eigenvalue weighted by Crippen LogP contribution is 2.24. The van der Waals surface area contributed by atoms with Crippen molar-refractivity contribution < 1.29 is 12.8 Å². The minimum atomic E-state index is -3.59. The van der Waals surface area contributed by atoms with Gasteiger partial charge in [-0.3, -0.25) is 4.98 Å². The van der Waals surface area contributed by atoms with Crippen molar-refractivity contribution in [2.75, 3.05) is 23.7 Å². The lowest BCUT2D eigenvalue weighted by Gasteiger charge is -2.31. The second kappa shape index (κ2) is 11.6. The van der Waals surface area contributed by atoms with Crippen LogP contribution in [0, 0.1) is 5.82 Å². The molecular weight excluding hydrogens is 505 g/mol. The third-order valence-corrected chi connectivity index (χ3v) is 8.23. The van der Waals surface area contributed by atoms with E-state index in [0.29, 0.717) is 36.2 Å². The zero-order valence-electron chi connectivity index (χ0n) is 20.6. The number of anilines is 4. The molecule has 0 amide bonds. The smallest absolute Gasteiger partial charge is 0.243 e. The zero-order chi connectivity index (χ0) is 26.4. The average Bonchev–Trinajstić information content (AvgIpc) is 2.94. The maximum Gasteiger partial charge on any atom is 0.243 e. The molecule has 0 aliphatic carbocycles. The summed E-state index contributed by atoms with van der Waals surface area (Å²) in [5, 5.41) is 9.69. The number of benzene rings is 2. The van der Waals surface area contributed by atoms with Crippen LogP contribution in [0.4, 0.5) is 27.5 Å². The minimum absolute atomic E-state index is 0.249. The molecule has 1 saturated heterocycles. The first-order valence-corrected chi connectivity index (χ1v) is 13.7. The van der Waals surface area contributed by atoms with Crippen LogP contribution >= 0.6 is 0 Å². The number of rotatable bonds is 9. The molecular formula is C27H28FN7O2S. The summed E-state index contributed by atoms with van der Waals surface area (Å²) in [7, 11) is -3.59. The lowest BCUT2D eigenvalue weighted by molar-refractivity contribution is 0.288. The lowest BCUT2D eigenvalue weighted by Crippen LogP contribution is -2.44. The third kappa shape index (κ3) is 6.49. The van der Waals surface area contributed by atoms with E-state index >= 15 is 0 Å². The summed E-state index contributed by atoms with van der Waals surface area (Å²) in [6.45, 7) is 1.68. The van der Waals surface area contributed by atoms with E-state index in [0.717, 1.165) is 24.9 Å². The molecule has 1 aliphatic rings. The van der Waals surface area contributed by atoms with Gasteiger partial charge in [0.2, 0.25) is 16.0 Å². The molecule has 3 N–H and O–H groups in total. The highest BCUT2D eigenvalue weighted by molar-refractivity contribution is 7.89. The van der Waals surface area contributed by atoms with Gasteiger partial charge in [-0.25, -0.2) is 17.8 Å². The molecule has 4 aromatic rings. The van der Waals surface area contributed by atoms with Crippen molar-refractivity contribution >= 4 is 33.2 Å². The Balaban J connectivity index is 1.16. The van der Waals surface area contributed by atoms with Crippen LogP contribution in [0.5, 0.6) is 0 Å². The molecule has 0 bridgehead atoms. The van der Waals surface area contributed by atoms with Gasteiger partial charge in [-0.1, -0.05) is 0 Å². The number of aromatic nitrogens is 3. The molecule has 2 aromatic heterocycles. The van der Waals surface area contributed by atoms with Gasteiger partial charge in [0.25, 0.3) is 0 Å². The molecule has 9 nitrogen and oxygen atoms in total. The van der Waals surface area contributed by atoms with Crippen LogP contribution in [-0.4, -0.2) is 46.8 Å². The van der Waals surface area contributed by atoms with Gasteiger partial charge in [-0.05, 0) is 85.1 Å². The van der Waals surface area contributed by atoms with Gasteiger partial charge < -0.3 is 16.0 Å². The van der Waals surface area contributed by atoms with Crippen molar-refractivity contribution in [2.45, 2.75) is 30.3 Å². The second-order valence-electron chi connectivity index (χ2n) is 8.96. The molecule has 5 rings (SSSR count). The number of hydrogen-bond donors (Lipinski definition) is 3. The summed E-state index contributed by atoms with van der Waals surface area (Å²) in [6.07, 6.45) is 6.64. The Morgan fingerprint density at radius 2 is 1.50 bits per heavy atom. The van der Waals surface area contributed by atoms with Gasteiger partial charge in [-0.15, -0.1) is 0 Å². The first-order valence-electron chi connectivity index (χ1n) is 12.3. The molecule has 0 saturated carbocycles. The maximum absolute atomic E-state index is 13.2. The van der Waals surface area contributed by atoms with Crippen molar-refractivity contribution in [2.24, 2.45) is 0 Å². The van der Waals surface area contributed by atoms with E-state index in [9.17, 15) is 12.8 Å². The molecule has 1 aliphatic heterocycles. The maximum atomic E-state index is 13.2. The highest BCUT2D eigenvalue weighted by Gasteiger charge is 2.29. The largest absolute Gasteiger partial charge is 0.340 e. The quantitative estimate of drug-likeness (QED) is 0.290. The Morgan fingerprint density at radius 3 is 2.21 bits per heavy atom. The molecule has 0 spiro atoms. The van der Waals surface area contributed by atoms with Crippen molar-refractivity contribution in [1.29, 1.82) is 0 Å². The Labute approximate surface area is 221 Å². The molecule has 38 heavy (non-hydrogen) atoms. The first kappa shape index (κ1) is 25.7. The summed E-state index contributed by atoms with van der Waals surface area (Å²) in [5.74, 6) is 0.561. The van der Waals surface area contributed by atoms with Crippen molar-refractivity contribution in [3.05, 3.63) is 96.7 Å². The molecule has 3 heterocycles. The summed E-state index contributed by atoms with van der Waals surface area (Å²) >= 11 is 0. The summed E-state index contributed by atoms with van der Waals surface area (Å²) in [5.41, 5.74) is 2.51. The number of nitrogens with zero attached hydrogens (tertiary/aromatic N) is 4. The highest BCUT2D eigenvalue weighted by atomic mass is 32.2. The van der Waals surface area contributed by atoms with Crippen LogP contribution in [-0.2, 0) is 16.6 Å². The number of hydrogen-bond acceptors (Lipinski definition) is 8. The Kier molecular flexibility index (Phi) is 7.87. The van der Waals surface area contributed by atoms with Crippen LogP contribution in [0.3, 0.4) is 0 Å². The van der Waals surface area contributed by atoms with Crippen LogP contribution in [0.2, 0.25) is 0 Å². The molecule has 11 heteroatoms. The SMILES string of the molecule is O=S(=O)(c1ccc(Nc2nccc(Nc3ccc(F)cc3)n2)cc1)N1CCC(NCc2ccncc2)CC1. The molecule has 0 unspecified atom stereocenters. The zero-order valence-corrected chi connectivity index (χ0v) is 21.4. The lowest BCUT2D eigenvalue weighted by atomic mass is 10.1. The fourth-order valence-electron chi connectivity index (χ4n) is 4.22. The van der Waals surface area contributed by atoms with E-state index in [1.165, 1.54) is 12.1 Å². The summed E-state index contributed by atoms with van der Waals surface area (Å²) < 4.78 is 41.1. The number of piperidine rings is 1. The number of sulfonamides is 1.